The first-order valence-electron chi connectivity index (χ1n) is 7.72. The highest BCUT2D eigenvalue weighted by molar-refractivity contribution is 9.10. The largest absolute Gasteiger partial charge is 0.483 e. The average Bonchev–Trinajstić information content (AvgIpc) is 2.65. The fourth-order valence-corrected chi connectivity index (χ4v) is 2.76. The van der Waals surface area contributed by atoms with E-state index in [4.69, 9.17) is 16.3 Å². The van der Waals surface area contributed by atoms with Gasteiger partial charge in [-0.05, 0) is 58.4 Å². The first kappa shape index (κ1) is 20.7. The fourth-order valence-electron chi connectivity index (χ4n) is 1.96. The van der Waals surface area contributed by atoms with Crippen molar-refractivity contribution in [1.29, 1.82) is 0 Å². The van der Waals surface area contributed by atoms with Crippen LogP contribution < -0.4 is 15.4 Å². The molecule has 0 aliphatic heterocycles. The molecule has 2 amide bonds. The van der Waals surface area contributed by atoms with Crippen LogP contribution in [0.3, 0.4) is 0 Å². The lowest BCUT2D eigenvalue weighted by molar-refractivity contribution is -0.139. The van der Waals surface area contributed by atoms with Gasteiger partial charge in [0.1, 0.15) is 12.3 Å². The summed E-state index contributed by atoms with van der Waals surface area (Å²) < 4.78 is 10.5. The van der Waals surface area contributed by atoms with Gasteiger partial charge in [-0.1, -0.05) is 11.6 Å². The predicted octanol–water partition coefficient (Wildman–Crippen LogP) is 3.02. The second-order valence-electron chi connectivity index (χ2n) is 5.25. The summed E-state index contributed by atoms with van der Waals surface area (Å²) in [7, 11) is 1.24. The van der Waals surface area contributed by atoms with E-state index in [0.717, 1.165) is 0 Å². The van der Waals surface area contributed by atoms with Gasteiger partial charge in [0.15, 0.2) is 6.61 Å². The minimum Gasteiger partial charge on any atom is -0.483 e. The molecule has 0 aromatic heterocycles. The van der Waals surface area contributed by atoms with Crippen molar-refractivity contribution in [2.45, 2.75) is 0 Å². The van der Waals surface area contributed by atoms with Crippen molar-refractivity contribution in [2.75, 3.05) is 25.6 Å². The van der Waals surface area contributed by atoms with Gasteiger partial charge in [-0.15, -0.1) is 0 Å². The van der Waals surface area contributed by atoms with Gasteiger partial charge >= 0.3 is 5.97 Å². The van der Waals surface area contributed by atoms with E-state index < -0.39 is 11.9 Å². The molecule has 27 heavy (non-hydrogen) atoms. The van der Waals surface area contributed by atoms with Crippen LogP contribution in [0.5, 0.6) is 5.75 Å². The van der Waals surface area contributed by atoms with Crippen LogP contribution in [0.4, 0.5) is 5.69 Å². The Bertz CT molecular complexity index is 842. The molecule has 142 valence electrons. The summed E-state index contributed by atoms with van der Waals surface area (Å²) >= 11 is 9.15. The number of rotatable bonds is 7. The maximum atomic E-state index is 12.0. The molecule has 2 N–H and O–H groups in total. The molecule has 0 unspecified atom stereocenters. The molecule has 7 nitrogen and oxygen atoms in total. The molecule has 0 bridgehead atoms. The highest BCUT2D eigenvalue weighted by atomic mass is 79.9. The Hall–Kier alpha value is -2.58. The Labute approximate surface area is 169 Å². The second kappa shape index (κ2) is 9.94. The van der Waals surface area contributed by atoms with Gasteiger partial charge in [0, 0.05) is 16.3 Å². The van der Waals surface area contributed by atoms with E-state index in [0.29, 0.717) is 26.5 Å². The van der Waals surface area contributed by atoms with E-state index in [1.54, 1.807) is 30.3 Å². The van der Waals surface area contributed by atoms with Crippen LogP contribution >= 0.6 is 27.5 Å². The molecule has 0 heterocycles. The Balaban J connectivity index is 1.85. The number of ether oxygens (including phenoxy) is 2. The molecular weight excluding hydrogens is 440 g/mol. The van der Waals surface area contributed by atoms with Crippen LogP contribution in [0.15, 0.2) is 46.9 Å². The SMILES string of the molecule is COC(=O)CNC(=O)c1ccc(NC(=O)COc2ccc(Cl)cc2Br)cc1. The number of hydrogen-bond donors (Lipinski definition) is 2. The summed E-state index contributed by atoms with van der Waals surface area (Å²) in [5.41, 5.74) is 0.849. The van der Waals surface area contributed by atoms with Crippen LogP contribution in [0.25, 0.3) is 0 Å². The second-order valence-corrected chi connectivity index (χ2v) is 6.54. The summed E-state index contributed by atoms with van der Waals surface area (Å²) in [6, 6.07) is 11.2. The van der Waals surface area contributed by atoms with Crippen molar-refractivity contribution in [3.8, 4) is 5.75 Å². The molecule has 0 atom stereocenters. The molecule has 2 aromatic carbocycles. The lowest BCUT2D eigenvalue weighted by atomic mass is 10.2. The maximum absolute atomic E-state index is 12.0. The number of carbonyl (C=O) groups excluding carboxylic acids is 3. The van der Waals surface area contributed by atoms with E-state index in [2.05, 4.69) is 31.3 Å². The summed E-state index contributed by atoms with van der Waals surface area (Å²) in [6.07, 6.45) is 0. The van der Waals surface area contributed by atoms with Crippen molar-refractivity contribution in [1.82, 2.24) is 5.32 Å². The highest BCUT2D eigenvalue weighted by Crippen LogP contribution is 2.27. The van der Waals surface area contributed by atoms with Crippen LogP contribution in [-0.2, 0) is 14.3 Å². The van der Waals surface area contributed by atoms with Crippen LogP contribution in [0.2, 0.25) is 5.02 Å². The third-order valence-corrected chi connectivity index (χ3v) is 4.16. The van der Waals surface area contributed by atoms with Crippen LogP contribution in [0, 0.1) is 0 Å². The molecule has 0 spiro atoms. The molecule has 0 saturated carbocycles. The van der Waals surface area contributed by atoms with Crippen LogP contribution in [-0.4, -0.2) is 38.0 Å². The van der Waals surface area contributed by atoms with Gasteiger partial charge in [0.2, 0.25) is 0 Å². The molecule has 0 aliphatic rings. The molecule has 0 saturated heterocycles. The summed E-state index contributed by atoms with van der Waals surface area (Å²) in [5.74, 6) is -0.833. The third kappa shape index (κ3) is 6.58. The topological polar surface area (TPSA) is 93.7 Å². The maximum Gasteiger partial charge on any atom is 0.325 e. The Morgan fingerprint density at radius 1 is 1.11 bits per heavy atom. The number of carbonyl (C=O) groups is 3. The number of nitrogens with one attached hydrogen (secondary N) is 2. The van der Waals surface area contributed by atoms with Crippen molar-refractivity contribution in [3.63, 3.8) is 0 Å². The van der Waals surface area contributed by atoms with Crippen molar-refractivity contribution >= 4 is 51.0 Å². The fraction of sp³-hybridized carbons (Fsp3) is 0.167. The molecule has 0 fully saturated rings. The number of methoxy groups -OCH3 is 1. The number of amides is 2. The smallest absolute Gasteiger partial charge is 0.325 e. The Morgan fingerprint density at radius 3 is 2.44 bits per heavy atom. The Morgan fingerprint density at radius 2 is 1.81 bits per heavy atom. The zero-order valence-electron chi connectivity index (χ0n) is 14.3. The summed E-state index contributed by atoms with van der Waals surface area (Å²) in [6.45, 7) is -0.410. The number of hydrogen-bond acceptors (Lipinski definition) is 5. The van der Waals surface area contributed by atoms with Crippen molar-refractivity contribution in [3.05, 3.63) is 57.5 Å². The van der Waals surface area contributed by atoms with E-state index in [9.17, 15) is 14.4 Å². The molecule has 0 aliphatic carbocycles. The van der Waals surface area contributed by atoms with E-state index in [1.807, 2.05) is 0 Å². The first-order chi connectivity index (χ1) is 12.9. The highest BCUT2D eigenvalue weighted by Gasteiger charge is 2.10. The van der Waals surface area contributed by atoms with Gasteiger partial charge in [-0.25, -0.2) is 0 Å². The van der Waals surface area contributed by atoms with Gasteiger partial charge in [-0.2, -0.15) is 0 Å². The van der Waals surface area contributed by atoms with Crippen molar-refractivity contribution < 1.29 is 23.9 Å². The van der Waals surface area contributed by atoms with Gasteiger partial charge < -0.3 is 20.1 Å². The normalized spacial score (nSPS) is 10.0. The van der Waals surface area contributed by atoms with Crippen molar-refractivity contribution in [2.24, 2.45) is 0 Å². The average molecular weight is 456 g/mol. The molecule has 9 heteroatoms. The minimum absolute atomic E-state index is 0.193. The summed E-state index contributed by atoms with van der Waals surface area (Å²) in [4.78, 5) is 34.9. The molecular formula is C18H16BrClN2O5. The molecule has 2 rings (SSSR count). The van der Waals surface area contributed by atoms with Crippen LogP contribution in [0.1, 0.15) is 10.4 Å². The van der Waals surface area contributed by atoms with E-state index >= 15 is 0 Å². The summed E-state index contributed by atoms with van der Waals surface area (Å²) in [5, 5.41) is 5.63. The minimum atomic E-state index is -0.542. The third-order valence-electron chi connectivity index (χ3n) is 3.30. The van der Waals surface area contributed by atoms with E-state index in [1.165, 1.54) is 19.2 Å². The first-order valence-corrected chi connectivity index (χ1v) is 8.89. The van der Waals surface area contributed by atoms with Gasteiger partial charge in [0.05, 0.1) is 11.6 Å². The standard InChI is InChI=1S/C18H16BrClN2O5/c1-26-17(24)9-21-18(25)11-2-5-13(6-3-11)22-16(23)10-27-15-7-4-12(20)8-14(15)19/h2-8H,9-10H2,1H3,(H,21,25)(H,22,23). The predicted molar refractivity (Wildman–Crippen MR) is 104 cm³/mol. The zero-order chi connectivity index (χ0) is 19.8. The lowest BCUT2D eigenvalue weighted by Gasteiger charge is -2.10. The zero-order valence-corrected chi connectivity index (χ0v) is 16.6. The Kier molecular flexibility index (Phi) is 7.63. The number of halogens is 2. The van der Waals surface area contributed by atoms with Gasteiger partial charge in [-0.3, -0.25) is 14.4 Å². The van der Waals surface area contributed by atoms with E-state index in [-0.39, 0.29) is 19.1 Å². The molecule has 2 aromatic rings. The molecule has 0 radical (unpaired) electrons. The number of anilines is 1. The lowest BCUT2D eigenvalue weighted by Crippen LogP contribution is -2.30. The quantitative estimate of drug-likeness (QED) is 0.626. The number of esters is 1. The monoisotopic (exact) mass is 454 g/mol. The number of benzene rings is 2. The van der Waals surface area contributed by atoms with Gasteiger partial charge in [0.25, 0.3) is 11.8 Å².